The van der Waals surface area contributed by atoms with Crippen LogP contribution in [0.4, 0.5) is 4.39 Å². The van der Waals surface area contributed by atoms with E-state index >= 15 is 0 Å². The molecule has 0 atom stereocenters. The first-order valence-electron chi connectivity index (χ1n) is 9.56. The Morgan fingerprint density at radius 3 is 2.34 bits per heavy atom. The molecule has 0 aliphatic heterocycles. The van der Waals surface area contributed by atoms with E-state index in [2.05, 4.69) is 31.2 Å². The second-order valence-corrected chi connectivity index (χ2v) is 7.01. The summed E-state index contributed by atoms with van der Waals surface area (Å²) in [5.74, 6) is 0.393. The van der Waals surface area contributed by atoms with E-state index in [-0.39, 0.29) is 17.8 Å². The van der Waals surface area contributed by atoms with Gasteiger partial charge in [-0.3, -0.25) is 4.79 Å². The lowest BCUT2D eigenvalue weighted by Gasteiger charge is -2.05. The second-order valence-electron chi connectivity index (χ2n) is 5.59. The summed E-state index contributed by atoms with van der Waals surface area (Å²) in [4.78, 5) is 20.9. The van der Waals surface area contributed by atoms with Crippen molar-refractivity contribution in [2.45, 2.75) is 52.9 Å². The lowest BCUT2D eigenvalue weighted by atomic mass is 10.1. The molecule has 0 saturated carbocycles. The van der Waals surface area contributed by atoms with Crippen molar-refractivity contribution in [3.8, 4) is 22.0 Å². The minimum atomic E-state index is -0.323. The SMILES string of the molecule is CC.CC.CC(C)NC(=O)c1csc(-c2oc(CBr)nc2-c2ccc(F)cc2)n1. The van der Waals surface area contributed by atoms with E-state index in [1.54, 1.807) is 17.5 Å². The molecule has 0 saturated heterocycles. The molecule has 0 radical (unpaired) electrons. The van der Waals surface area contributed by atoms with Crippen LogP contribution in [0.25, 0.3) is 22.0 Å². The van der Waals surface area contributed by atoms with Gasteiger partial charge in [-0.1, -0.05) is 43.6 Å². The molecule has 8 heteroatoms. The van der Waals surface area contributed by atoms with Gasteiger partial charge in [-0.25, -0.2) is 14.4 Å². The van der Waals surface area contributed by atoms with Crippen molar-refractivity contribution >= 4 is 33.2 Å². The van der Waals surface area contributed by atoms with E-state index < -0.39 is 0 Å². The Hall–Kier alpha value is -2.06. The molecule has 0 spiro atoms. The highest BCUT2D eigenvalue weighted by Crippen LogP contribution is 2.35. The molecule has 158 valence electrons. The number of nitrogens with zero attached hydrogens (tertiary/aromatic N) is 2. The van der Waals surface area contributed by atoms with Crippen LogP contribution in [0, 0.1) is 5.82 Å². The Morgan fingerprint density at radius 2 is 1.79 bits per heavy atom. The zero-order chi connectivity index (χ0) is 22.0. The lowest BCUT2D eigenvalue weighted by molar-refractivity contribution is 0.0939. The molecule has 1 N–H and O–H groups in total. The van der Waals surface area contributed by atoms with Crippen LogP contribution in [0.15, 0.2) is 34.1 Å². The number of alkyl halides is 1. The Morgan fingerprint density at radius 1 is 1.17 bits per heavy atom. The fourth-order valence-corrected chi connectivity index (χ4v) is 3.21. The smallest absolute Gasteiger partial charge is 0.270 e. The number of nitrogens with one attached hydrogen (secondary N) is 1. The van der Waals surface area contributed by atoms with Gasteiger partial charge in [0.15, 0.2) is 10.8 Å². The van der Waals surface area contributed by atoms with E-state index in [0.717, 1.165) is 5.56 Å². The molecular weight excluding hydrogens is 457 g/mol. The number of benzene rings is 1. The maximum Gasteiger partial charge on any atom is 0.270 e. The van der Waals surface area contributed by atoms with Crippen molar-refractivity contribution < 1.29 is 13.6 Å². The van der Waals surface area contributed by atoms with Gasteiger partial charge in [-0.15, -0.1) is 11.3 Å². The Bertz CT molecular complexity index is 892. The third-order valence-corrected chi connectivity index (χ3v) is 4.58. The number of rotatable bonds is 5. The molecule has 3 rings (SSSR count). The zero-order valence-electron chi connectivity index (χ0n) is 17.5. The van der Waals surface area contributed by atoms with Gasteiger partial charge in [0.2, 0.25) is 5.89 Å². The third-order valence-electron chi connectivity index (χ3n) is 3.25. The zero-order valence-corrected chi connectivity index (χ0v) is 19.9. The first-order chi connectivity index (χ1) is 14.0. The summed E-state index contributed by atoms with van der Waals surface area (Å²) < 4.78 is 19.0. The van der Waals surface area contributed by atoms with Gasteiger partial charge in [0.1, 0.15) is 17.2 Å². The quantitative estimate of drug-likeness (QED) is 0.410. The maximum atomic E-state index is 13.2. The van der Waals surface area contributed by atoms with Crippen LogP contribution >= 0.6 is 27.3 Å². The Kier molecular flexibility index (Phi) is 10.8. The summed E-state index contributed by atoms with van der Waals surface area (Å²) >= 11 is 4.62. The fourth-order valence-electron chi connectivity index (χ4n) is 2.19. The van der Waals surface area contributed by atoms with Gasteiger partial charge in [0, 0.05) is 17.0 Å². The van der Waals surface area contributed by atoms with Crippen molar-refractivity contribution in [3.05, 3.63) is 47.0 Å². The summed E-state index contributed by atoms with van der Waals surface area (Å²) in [6.45, 7) is 11.8. The molecule has 2 heterocycles. The molecule has 1 aromatic carbocycles. The largest absolute Gasteiger partial charge is 0.437 e. The second kappa shape index (κ2) is 12.5. The topological polar surface area (TPSA) is 68.0 Å². The van der Waals surface area contributed by atoms with Crippen LogP contribution < -0.4 is 5.32 Å². The molecule has 0 aliphatic carbocycles. The highest BCUT2D eigenvalue weighted by atomic mass is 79.9. The van der Waals surface area contributed by atoms with Crippen molar-refractivity contribution in [1.29, 1.82) is 0 Å². The highest BCUT2D eigenvalue weighted by molar-refractivity contribution is 9.08. The summed E-state index contributed by atoms with van der Waals surface area (Å²) in [6, 6.07) is 6.02. The normalized spacial score (nSPS) is 9.97. The number of oxazole rings is 1. The van der Waals surface area contributed by atoms with Gasteiger partial charge in [-0.2, -0.15) is 0 Å². The average Bonchev–Trinajstić information content (AvgIpc) is 3.38. The lowest BCUT2D eigenvalue weighted by Crippen LogP contribution is -2.30. The van der Waals surface area contributed by atoms with E-state index in [9.17, 15) is 9.18 Å². The molecular formula is C21H27BrFN3O2S. The van der Waals surface area contributed by atoms with E-state index in [4.69, 9.17) is 4.42 Å². The summed E-state index contributed by atoms with van der Waals surface area (Å²) in [6.07, 6.45) is 0. The molecule has 0 bridgehead atoms. The summed E-state index contributed by atoms with van der Waals surface area (Å²) in [5.41, 5.74) is 1.62. The van der Waals surface area contributed by atoms with Gasteiger partial charge in [0.05, 0.1) is 5.33 Å². The van der Waals surface area contributed by atoms with Gasteiger partial charge in [-0.05, 0) is 38.1 Å². The van der Waals surface area contributed by atoms with Crippen LogP contribution in [0.3, 0.4) is 0 Å². The molecule has 2 aromatic heterocycles. The average molecular weight is 484 g/mol. The first kappa shape index (κ1) is 25.0. The molecule has 1 amide bonds. The van der Waals surface area contributed by atoms with E-state index in [1.165, 1.54) is 23.5 Å². The monoisotopic (exact) mass is 483 g/mol. The van der Waals surface area contributed by atoms with Gasteiger partial charge >= 0.3 is 0 Å². The molecule has 5 nitrogen and oxygen atoms in total. The molecule has 0 unspecified atom stereocenters. The van der Waals surface area contributed by atoms with Gasteiger partial charge in [0.25, 0.3) is 5.91 Å². The molecule has 0 fully saturated rings. The number of aromatic nitrogens is 2. The van der Waals surface area contributed by atoms with Crippen LogP contribution in [-0.2, 0) is 5.33 Å². The number of amides is 1. The van der Waals surface area contributed by atoms with Crippen LogP contribution in [0.5, 0.6) is 0 Å². The van der Waals surface area contributed by atoms with Crippen molar-refractivity contribution in [1.82, 2.24) is 15.3 Å². The number of halogens is 2. The van der Waals surface area contributed by atoms with Crippen molar-refractivity contribution in [2.75, 3.05) is 0 Å². The predicted octanol–water partition coefficient (Wildman–Crippen LogP) is 6.69. The Balaban J connectivity index is 0.000000989. The van der Waals surface area contributed by atoms with E-state index in [0.29, 0.717) is 33.4 Å². The van der Waals surface area contributed by atoms with Crippen LogP contribution in [-0.4, -0.2) is 21.9 Å². The summed E-state index contributed by atoms with van der Waals surface area (Å²) in [7, 11) is 0. The number of carbonyl (C=O) groups excluding carboxylic acids is 1. The standard InChI is InChI=1S/C17H15BrFN3O2S.2C2H6/c1-9(2)20-16(23)12-8-25-17(21-12)15-14(22-13(7-18)24-15)10-3-5-11(19)6-4-10;2*1-2/h3-6,8-9H,7H2,1-2H3,(H,20,23);2*1-2H3. The van der Waals surface area contributed by atoms with Gasteiger partial charge < -0.3 is 9.73 Å². The van der Waals surface area contributed by atoms with Crippen LogP contribution in [0.1, 0.15) is 57.9 Å². The number of carbonyl (C=O) groups is 1. The number of thiazole rings is 1. The summed E-state index contributed by atoms with van der Waals surface area (Å²) in [5, 5.41) is 5.47. The Labute approximate surface area is 183 Å². The third kappa shape index (κ3) is 6.75. The molecule has 3 aromatic rings. The first-order valence-corrected chi connectivity index (χ1v) is 11.6. The number of hydrogen-bond donors (Lipinski definition) is 1. The number of hydrogen-bond acceptors (Lipinski definition) is 5. The van der Waals surface area contributed by atoms with E-state index in [1.807, 2.05) is 41.5 Å². The maximum absolute atomic E-state index is 13.2. The minimum Gasteiger partial charge on any atom is -0.437 e. The predicted molar refractivity (Wildman–Crippen MR) is 121 cm³/mol. The fraction of sp³-hybridized carbons (Fsp3) is 0.381. The van der Waals surface area contributed by atoms with Crippen molar-refractivity contribution in [3.63, 3.8) is 0 Å². The molecule has 0 aliphatic rings. The highest BCUT2D eigenvalue weighted by Gasteiger charge is 2.21. The molecule has 29 heavy (non-hydrogen) atoms. The van der Waals surface area contributed by atoms with Crippen molar-refractivity contribution in [2.24, 2.45) is 0 Å². The van der Waals surface area contributed by atoms with Crippen LogP contribution in [0.2, 0.25) is 0 Å². The minimum absolute atomic E-state index is 0.0257.